The number of methoxy groups -OCH3 is 1. The predicted octanol–water partition coefficient (Wildman–Crippen LogP) is 2.30. The molecule has 0 radical (unpaired) electrons. The molecule has 0 amide bonds. The van der Waals surface area contributed by atoms with Gasteiger partial charge in [-0.25, -0.2) is 0 Å². The number of hydrogen-bond donors (Lipinski definition) is 1. The van der Waals surface area contributed by atoms with Crippen LogP contribution >= 0.6 is 0 Å². The van der Waals surface area contributed by atoms with Crippen molar-refractivity contribution in [3.8, 4) is 5.75 Å². The first kappa shape index (κ1) is 14.0. The van der Waals surface area contributed by atoms with Crippen LogP contribution in [0.3, 0.4) is 0 Å². The highest BCUT2D eigenvalue weighted by atomic mass is 16.5. The zero-order valence-electron chi connectivity index (χ0n) is 11.0. The van der Waals surface area contributed by atoms with Gasteiger partial charge in [-0.1, -0.05) is 24.6 Å². The van der Waals surface area contributed by atoms with E-state index < -0.39 is 0 Å². The Labute approximate surface area is 104 Å². The van der Waals surface area contributed by atoms with E-state index in [1.165, 1.54) is 5.56 Å². The Kier molecular flexibility index (Phi) is 6.01. The van der Waals surface area contributed by atoms with Crippen molar-refractivity contribution in [2.24, 2.45) is 5.73 Å². The summed E-state index contributed by atoms with van der Waals surface area (Å²) in [6, 6.07) is 6.18. The van der Waals surface area contributed by atoms with Gasteiger partial charge in [-0.2, -0.15) is 0 Å². The van der Waals surface area contributed by atoms with Gasteiger partial charge >= 0.3 is 0 Å². The SMILES string of the molecule is CCCOCC(N)Cc1cc(C)ccc1OC. The summed E-state index contributed by atoms with van der Waals surface area (Å²) < 4.78 is 10.8. The van der Waals surface area contributed by atoms with Crippen LogP contribution < -0.4 is 10.5 Å². The van der Waals surface area contributed by atoms with E-state index in [1.54, 1.807) is 7.11 Å². The molecule has 0 heterocycles. The van der Waals surface area contributed by atoms with Crippen molar-refractivity contribution in [1.82, 2.24) is 0 Å². The van der Waals surface area contributed by atoms with E-state index in [4.69, 9.17) is 15.2 Å². The molecule has 17 heavy (non-hydrogen) atoms. The van der Waals surface area contributed by atoms with Gasteiger partial charge in [0, 0.05) is 12.6 Å². The normalized spacial score (nSPS) is 12.5. The smallest absolute Gasteiger partial charge is 0.122 e. The summed E-state index contributed by atoms with van der Waals surface area (Å²) >= 11 is 0. The van der Waals surface area contributed by atoms with Gasteiger partial charge in [-0.3, -0.25) is 0 Å². The van der Waals surface area contributed by atoms with Crippen LogP contribution in [0.4, 0.5) is 0 Å². The summed E-state index contributed by atoms with van der Waals surface area (Å²) in [5, 5.41) is 0. The number of aryl methyl sites for hydroxylation is 1. The highest BCUT2D eigenvalue weighted by Crippen LogP contribution is 2.20. The summed E-state index contributed by atoms with van der Waals surface area (Å²) in [7, 11) is 1.69. The second-order valence-corrected chi connectivity index (χ2v) is 4.35. The van der Waals surface area contributed by atoms with Gasteiger partial charge in [0.25, 0.3) is 0 Å². The van der Waals surface area contributed by atoms with Gasteiger partial charge in [0.1, 0.15) is 5.75 Å². The van der Waals surface area contributed by atoms with Crippen LogP contribution in [0, 0.1) is 6.92 Å². The van der Waals surface area contributed by atoms with Crippen LogP contribution in [0.25, 0.3) is 0 Å². The lowest BCUT2D eigenvalue weighted by molar-refractivity contribution is 0.121. The molecule has 3 heteroatoms. The fourth-order valence-corrected chi connectivity index (χ4v) is 1.79. The van der Waals surface area contributed by atoms with Crippen LogP contribution in [-0.2, 0) is 11.2 Å². The van der Waals surface area contributed by atoms with E-state index in [0.29, 0.717) is 6.61 Å². The Balaban J connectivity index is 2.57. The molecule has 0 bridgehead atoms. The molecule has 0 aliphatic rings. The van der Waals surface area contributed by atoms with Crippen molar-refractivity contribution >= 4 is 0 Å². The van der Waals surface area contributed by atoms with Gasteiger partial charge in [0.2, 0.25) is 0 Å². The topological polar surface area (TPSA) is 44.5 Å². The van der Waals surface area contributed by atoms with E-state index in [2.05, 4.69) is 19.9 Å². The van der Waals surface area contributed by atoms with Crippen molar-refractivity contribution in [3.63, 3.8) is 0 Å². The Morgan fingerprint density at radius 3 is 2.76 bits per heavy atom. The molecule has 1 aromatic rings. The van der Waals surface area contributed by atoms with Gasteiger partial charge in [-0.15, -0.1) is 0 Å². The first-order valence-electron chi connectivity index (χ1n) is 6.14. The van der Waals surface area contributed by atoms with Crippen molar-refractivity contribution in [1.29, 1.82) is 0 Å². The lowest BCUT2D eigenvalue weighted by Gasteiger charge is -2.15. The Morgan fingerprint density at radius 2 is 2.12 bits per heavy atom. The number of benzene rings is 1. The summed E-state index contributed by atoms with van der Waals surface area (Å²) in [4.78, 5) is 0. The first-order valence-corrected chi connectivity index (χ1v) is 6.14. The minimum Gasteiger partial charge on any atom is -0.496 e. The number of hydrogen-bond acceptors (Lipinski definition) is 3. The summed E-state index contributed by atoms with van der Waals surface area (Å²) in [6.45, 7) is 5.54. The highest BCUT2D eigenvalue weighted by Gasteiger charge is 2.09. The van der Waals surface area contributed by atoms with Gasteiger partial charge in [-0.05, 0) is 31.4 Å². The Hall–Kier alpha value is -1.06. The molecular formula is C14H23NO2. The zero-order chi connectivity index (χ0) is 12.7. The molecule has 2 N–H and O–H groups in total. The molecule has 0 saturated carbocycles. The standard InChI is InChI=1S/C14H23NO2/c1-4-7-17-10-13(15)9-12-8-11(2)5-6-14(12)16-3/h5-6,8,13H,4,7,9-10,15H2,1-3H3. The third kappa shape index (κ3) is 4.75. The third-order valence-corrected chi connectivity index (χ3v) is 2.60. The molecule has 0 fully saturated rings. The fourth-order valence-electron chi connectivity index (χ4n) is 1.79. The summed E-state index contributed by atoms with van der Waals surface area (Å²) in [5.74, 6) is 0.904. The van der Waals surface area contributed by atoms with Crippen LogP contribution in [0.2, 0.25) is 0 Å². The van der Waals surface area contributed by atoms with Crippen molar-refractivity contribution in [2.45, 2.75) is 32.7 Å². The Bertz CT molecular complexity index is 339. The molecule has 1 unspecified atom stereocenters. The molecular weight excluding hydrogens is 214 g/mol. The Morgan fingerprint density at radius 1 is 1.35 bits per heavy atom. The molecule has 0 aromatic heterocycles. The van der Waals surface area contributed by atoms with Gasteiger partial charge in [0.05, 0.1) is 13.7 Å². The van der Waals surface area contributed by atoms with Crippen LogP contribution in [0.1, 0.15) is 24.5 Å². The molecule has 3 nitrogen and oxygen atoms in total. The van der Waals surface area contributed by atoms with Crippen LogP contribution in [0.5, 0.6) is 5.75 Å². The largest absolute Gasteiger partial charge is 0.496 e. The maximum absolute atomic E-state index is 6.04. The molecule has 0 aliphatic heterocycles. The van der Waals surface area contributed by atoms with E-state index in [0.717, 1.165) is 30.8 Å². The molecule has 1 atom stereocenters. The minimum absolute atomic E-state index is 0.0252. The maximum atomic E-state index is 6.04. The van der Waals surface area contributed by atoms with E-state index >= 15 is 0 Å². The molecule has 0 saturated heterocycles. The molecule has 0 spiro atoms. The summed E-state index contributed by atoms with van der Waals surface area (Å²) in [6.07, 6.45) is 1.81. The number of rotatable bonds is 7. The van der Waals surface area contributed by atoms with Crippen molar-refractivity contribution in [3.05, 3.63) is 29.3 Å². The average Bonchev–Trinajstić information content (AvgIpc) is 2.29. The quantitative estimate of drug-likeness (QED) is 0.740. The second kappa shape index (κ2) is 7.30. The summed E-state index contributed by atoms with van der Waals surface area (Å²) in [5.41, 5.74) is 8.42. The van der Waals surface area contributed by atoms with E-state index in [9.17, 15) is 0 Å². The van der Waals surface area contributed by atoms with E-state index in [-0.39, 0.29) is 6.04 Å². The molecule has 0 aliphatic carbocycles. The maximum Gasteiger partial charge on any atom is 0.122 e. The highest BCUT2D eigenvalue weighted by molar-refractivity contribution is 5.37. The zero-order valence-corrected chi connectivity index (χ0v) is 11.0. The number of ether oxygens (including phenoxy) is 2. The second-order valence-electron chi connectivity index (χ2n) is 4.35. The van der Waals surface area contributed by atoms with Gasteiger partial charge < -0.3 is 15.2 Å². The van der Waals surface area contributed by atoms with Crippen LogP contribution in [0.15, 0.2) is 18.2 Å². The van der Waals surface area contributed by atoms with Crippen molar-refractivity contribution < 1.29 is 9.47 Å². The predicted molar refractivity (Wildman–Crippen MR) is 70.5 cm³/mol. The molecule has 96 valence electrons. The average molecular weight is 237 g/mol. The monoisotopic (exact) mass is 237 g/mol. The lowest BCUT2D eigenvalue weighted by Crippen LogP contribution is -2.29. The van der Waals surface area contributed by atoms with E-state index in [1.807, 2.05) is 12.1 Å². The number of nitrogens with two attached hydrogens (primary N) is 1. The third-order valence-electron chi connectivity index (χ3n) is 2.60. The fraction of sp³-hybridized carbons (Fsp3) is 0.571. The van der Waals surface area contributed by atoms with Crippen molar-refractivity contribution in [2.75, 3.05) is 20.3 Å². The molecule has 1 aromatic carbocycles. The molecule has 1 rings (SSSR count). The lowest BCUT2D eigenvalue weighted by atomic mass is 10.0. The first-order chi connectivity index (χ1) is 8.17. The van der Waals surface area contributed by atoms with Crippen LogP contribution in [-0.4, -0.2) is 26.4 Å². The minimum atomic E-state index is 0.0252. The van der Waals surface area contributed by atoms with Gasteiger partial charge in [0.15, 0.2) is 0 Å².